The van der Waals surface area contributed by atoms with Crippen molar-refractivity contribution >= 4 is 21.4 Å². The minimum Gasteiger partial charge on any atom is -0.398 e. The monoisotopic (exact) mass is 302 g/mol. The largest absolute Gasteiger partial charge is 0.398 e. The van der Waals surface area contributed by atoms with E-state index < -0.39 is 10.0 Å². The van der Waals surface area contributed by atoms with Crippen LogP contribution >= 0.6 is 0 Å². The van der Waals surface area contributed by atoms with Crippen molar-refractivity contribution in [1.82, 2.24) is 4.98 Å². The van der Waals surface area contributed by atoms with Crippen LogP contribution in [-0.4, -0.2) is 19.9 Å². The molecule has 0 spiro atoms. The van der Waals surface area contributed by atoms with Crippen LogP contribution in [0.25, 0.3) is 0 Å². The lowest BCUT2D eigenvalue weighted by Crippen LogP contribution is -2.31. The molecule has 0 unspecified atom stereocenters. The number of benzene rings is 1. The highest BCUT2D eigenvalue weighted by Crippen LogP contribution is 2.27. The molecule has 0 fully saturated rings. The molecule has 0 saturated heterocycles. The zero-order chi connectivity index (χ0) is 15.5. The van der Waals surface area contributed by atoms with Gasteiger partial charge in [0, 0.05) is 18.9 Å². The molecule has 6 nitrogen and oxygen atoms in total. The van der Waals surface area contributed by atoms with Crippen LogP contribution in [0.3, 0.4) is 0 Å². The quantitative estimate of drug-likeness (QED) is 0.867. The van der Waals surface area contributed by atoms with E-state index in [4.69, 9.17) is 11.0 Å². The summed E-state index contributed by atoms with van der Waals surface area (Å²) >= 11 is 0. The summed E-state index contributed by atoms with van der Waals surface area (Å²) in [6, 6.07) is 9.29. The first-order valence-electron chi connectivity index (χ1n) is 6.23. The number of nitrogens with zero attached hydrogens (tertiary/aromatic N) is 3. The number of sulfonamides is 1. The summed E-state index contributed by atoms with van der Waals surface area (Å²) in [7, 11) is -3.79. The van der Waals surface area contributed by atoms with E-state index in [-0.39, 0.29) is 17.1 Å². The van der Waals surface area contributed by atoms with E-state index >= 15 is 0 Å². The summed E-state index contributed by atoms with van der Waals surface area (Å²) < 4.78 is 26.7. The molecular weight excluding hydrogens is 288 g/mol. The SMILES string of the molecule is CCN(c1ccncc1)S(=O)(=O)c1ccc(C#N)cc1N. The van der Waals surface area contributed by atoms with E-state index in [0.717, 1.165) is 0 Å². The summed E-state index contributed by atoms with van der Waals surface area (Å²) in [6.45, 7) is 1.99. The Bertz CT molecular complexity index is 782. The number of hydrogen-bond donors (Lipinski definition) is 1. The van der Waals surface area contributed by atoms with Crippen LogP contribution in [0.4, 0.5) is 11.4 Å². The van der Waals surface area contributed by atoms with Crippen molar-refractivity contribution in [3.63, 3.8) is 0 Å². The first-order chi connectivity index (χ1) is 10.0. The number of rotatable bonds is 4. The van der Waals surface area contributed by atoms with Gasteiger partial charge in [-0.25, -0.2) is 8.42 Å². The molecule has 0 aliphatic carbocycles. The Kier molecular flexibility index (Phi) is 4.10. The second kappa shape index (κ2) is 5.81. The van der Waals surface area contributed by atoms with Gasteiger partial charge >= 0.3 is 0 Å². The van der Waals surface area contributed by atoms with Crippen LogP contribution in [0.15, 0.2) is 47.6 Å². The van der Waals surface area contributed by atoms with Gasteiger partial charge in [-0.2, -0.15) is 5.26 Å². The smallest absolute Gasteiger partial charge is 0.266 e. The Morgan fingerprint density at radius 2 is 1.95 bits per heavy atom. The minimum absolute atomic E-state index is 0.0137. The fourth-order valence-electron chi connectivity index (χ4n) is 1.97. The Balaban J connectivity index is 2.53. The molecule has 1 aromatic heterocycles. The molecule has 0 radical (unpaired) electrons. The van der Waals surface area contributed by atoms with E-state index in [1.165, 1.54) is 34.9 Å². The molecule has 2 rings (SSSR count). The molecule has 0 atom stereocenters. The predicted octanol–water partition coefficient (Wildman–Crippen LogP) is 1.75. The highest BCUT2D eigenvalue weighted by atomic mass is 32.2. The standard InChI is InChI=1S/C14H14N4O2S/c1-2-18(12-5-7-17-8-6-12)21(19,20)14-4-3-11(10-15)9-13(14)16/h3-9H,2,16H2,1H3. The first-order valence-corrected chi connectivity index (χ1v) is 7.67. The lowest BCUT2D eigenvalue weighted by atomic mass is 10.2. The molecule has 2 N–H and O–H groups in total. The van der Waals surface area contributed by atoms with Crippen molar-refractivity contribution in [3.05, 3.63) is 48.3 Å². The maximum Gasteiger partial charge on any atom is 0.266 e. The Morgan fingerprint density at radius 3 is 2.48 bits per heavy atom. The van der Waals surface area contributed by atoms with Gasteiger partial charge in [0.05, 0.1) is 23.0 Å². The van der Waals surface area contributed by atoms with Crippen LogP contribution in [0.1, 0.15) is 12.5 Å². The lowest BCUT2D eigenvalue weighted by Gasteiger charge is -2.23. The van der Waals surface area contributed by atoms with Gasteiger partial charge in [0.2, 0.25) is 0 Å². The molecular formula is C14H14N4O2S. The fraction of sp³-hybridized carbons (Fsp3) is 0.143. The number of nitrogens with two attached hydrogens (primary N) is 1. The van der Waals surface area contributed by atoms with Crippen molar-refractivity contribution in [2.75, 3.05) is 16.6 Å². The minimum atomic E-state index is -3.79. The maximum atomic E-state index is 12.7. The van der Waals surface area contributed by atoms with E-state index in [1.807, 2.05) is 6.07 Å². The van der Waals surface area contributed by atoms with Gasteiger partial charge in [-0.05, 0) is 37.3 Å². The van der Waals surface area contributed by atoms with Gasteiger partial charge in [0.15, 0.2) is 0 Å². The van der Waals surface area contributed by atoms with Gasteiger partial charge in [0.25, 0.3) is 10.0 Å². The molecule has 1 heterocycles. The Labute approximate surface area is 123 Å². The van der Waals surface area contributed by atoms with E-state index in [2.05, 4.69) is 4.98 Å². The van der Waals surface area contributed by atoms with Crippen molar-refractivity contribution in [2.45, 2.75) is 11.8 Å². The van der Waals surface area contributed by atoms with E-state index in [0.29, 0.717) is 11.3 Å². The lowest BCUT2D eigenvalue weighted by molar-refractivity contribution is 0.592. The van der Waals surface area contributed by atoms with Crippen molar-refractivity contribution in [3.8, 4) is 6.07 Å². The third kappa shape index (κ3) is 2.80. The summed E-state index contributed by atoms with van der Waals surface area (Å²) in [4.78, 5) is 3.86. The number of anilines is 2. The number of aromatic nitrogens is 1. The Hall–Kier alpha value is -2.59. The van der Waals surface area contributed by atoms with Crippen LogP contribution < -0.4 is 10.0 Å². The van der Waals surface area contributed by atoms with Gasteiger partial charge in [-0.1, -0.05) is 0 Å². The summed E-state index contributed by atoms with van der Waals surface area (Å²) in [5.74, 6) is 0. The van der Waals surface area contributed by atoms with Gasteiger partial charge in [-0.15, -0.1) is 0 Å². The average Bonchev–Trinajstić information content (AvgIpc) is 2.48. The Morgan fingerprint density at radius 1 is 1.29 bits per heavy atom. The summed E-state index contributed by atoms with van der Waals surface area (Å²) in [6.07, 6.45) is 3.05. The van der Waals surface area contributed by atoms with E-state index in [9.17, 15) is 8.42 Å². The summed E-state index contributed by atoms with van der Waals surface area (Å²) in [5, 5.41) is 8.82. The van der Waals surface area contributed by atoms with Crippen LogP contribution in [-0.2, 0) is 10.0 Å². The molecule has 21 heavy (non-hydrogen) atoms. The maximum absolute atomic E-state index is 12.7. The molecule has 1 aromatic carbocycles. The highest BCUT2D eigenvalue weighted by Gasteiger charge is 2.25. The molecule has 0 amide bonds. The van der Waals surface area contributed by atoms with Crippen LogP contribution in [0, 0.1) is 11.3 Å². The molecule has 0 aliphatic heterocycles. The zero-order valence-corrected chi connectivity index (χ0v) is 12.2. The zero-order valence-electron chi connectivity index (χ0n) is 11.4. The third-order valence-electron chi connectivity index (χ3n) is 2.94. The fourth-order valence-corrected chi connectivity index (χ4v) is 3.55. The first kappa shape index (κ1) is 14.8. The molecule has 2 aromatic rings. The molecule has 0 saturated carbocycles. The van der Waals surface area contributed by atoms with Gasteiger partial charge in [-0.3, -0.25) is 9.29 Å². The molecule has 0 bridgehead atoms. The number of nitriles is 1. The van der Waals surface area contributed by atoms with Gasteiger partial charge in [0.1, 0.15) is 4.90 Å². The normalized spacial score (nSPS) is 10.9. The average molecular weight is 302 g/mol. The molecule has 7 heteroatoms. The second-order valence-electron chi connectivity index (χ2n) is 4.24. The van der Waals surface area contributed by atoms with E-state index in [1.54, 1.807) is 19.1 Å². The van der Waals surface area contributed by atoms with Crippen molar-refractivity contribution < 1.29 is 8.42 Å². The molecule has 0 aliphatic rings. The van der Waals surface area contributed by atoms with Crippen LogP contribution in [0.5, 0.6) is 0 Å². The number of hydrogen-bond acceptors (Lipinski definition) is 5. The topological polar surface area (TPSA) is 100 Å². The van der Waals surface area contributed by atoms with Gasteiger partial charge < -0.3 is 5.73 Å². The van der Waals surface area contributed by atoms with Crippen molar-refractivity contribution in [2.24, 2.45) is 0 Å². The number of nitrogen functional groups attached to an aromatic ring is 1. The van der Waals surface area contributed by atoms with Crippen molar-refractivity contribution in [1.29, 1.82) is 5.26 Å². The predicted molar refractivity (Wildman–Crippen MR) is 80.0 cm³/mol. The molecule has 108 valence electrons. The summed E-state index contributed by atoms with van der Waals surface area (Å²) in [5.41, 5.74) is 6.67. The third-order valence-corrected chi connectivity index (χ3v) is 4.92. The second-order valence-corrected chi connectivity index (χ2v) is 6.07. The number of pyridine rings is 1. The highest BCUT2D eigenvalue weighted by molar-refractivity contribution is 7.93. The van der Waals surface area contributed by atoms with Crippen LogP contribution in [0.2, 0.25) is 0 Å².